The van der Waals surface area contributed by atoms with E-state index >= 15 is 0 Å². The molecule has 2 aromatic rings. The minimum atomic E-state index is -0.145. The molecule has 0 radical (unpaired) electrons. The van der Waals surface area contributed by atoms with E-state index in [9.17, 15) is 4.79 Å². The van der Waals surface area contributed by atoms with Crippen molar-refractivity contribution in [1.29, 1.82) is 0 Å². The van der Waals surface area contributed by atoms with Gasteiger partial charge in [-0.2, -0.15) is 0 Å². The molecule has 3 rings (SSSR count). The van der Waals surface area contributed by atoms with Crippen molar-refractivity contribution in [3.8, 4) is 0 Å². The Balaban J connectivity index is 1.68. The van der Waals surface area contributed by atoms with Crippen LogP contribution < -0.4 is 10.6 Å². The molecule has 2 atom stereocenters. The Morgan fingerprint density at radius 1 is 1.24 bits per heavy atom. The van der Waals surface area contributed by atoms with Crippen LogP contribution in [0.1, 0.15) is 60.4 Å². The van der Waals surface area contributed by atoms with Gasteiger partial charge in [-0.1, -0.05) is 42.5 Å². The average Bonchev–Trinajstić information content (AvgIpc) is 3.04. The number of hydrogen-bond donors (Lipinski definition) is 2. The number of carbonyl (C=O) groups excluding carboxylic acids is 1. The first-order valence-corrected chi connectivity index (χ1v) is 9.06. The fraction of sp³-hybridized carbons (Fsp3) is 0.526. The Labute approximate surface area is 149 Å². The van der Waals surface area contributed by atoms with Crippen molar-refractivity contribution >= 4 is 5.91 Å². The van der Waals surface area contributed by atoms with E-state index in [1.807, 2.05) is 36.7 Å². The van der Waals surface area contributed by atoms with E-state index in [1.54, 1.807) is 0 Å². The van der Waals surface area contributed by atoms with Gasteiger partial charge in [-0.05, 0) is 45.3 Å². The quantitative estimate of drug-likeness (QED) is 0.876. The molecule has 1 aromatic carbocycles. The number of piperidine rings is 1. The minimum Gasteiger partial charge on any atom is -0.348 e. The lowest BCUT2D eigenvalue weighted by Gasteiger charge is -2.23. The van der Waals surface area contributed by atoms with E-state index in [0.717, 1.165) is 31.6 Å². The third-order valence-corrected chi connectivity index (χ3v) is 5.23. The van der Waals surface area contributed by atoms with Gasteiger partial charge < -0.3 is 10.6 Å². The molecule has 6 heteroatoms. The summed E-state index contributed by atoms with van der Waals surface area (Å²) >= 11 is 0. The fourth-order valence-corrected chi connectivity index (χ4v) is 3.39. The minimum absolute atomic E-state index is 0.0123. The molecule has 0 aliphatic carbocycles. The van der Waals surface area contributed by atoms with E-state index in [0.29, 0.717) is 11.7 Å². The molecule has 0 bridgehead atoms. The van der Waals surface area contributed by atoms with Gasteiger partial charge in [-0.25, -0.2) is 4.68 Å². The SMILES string of the molecule is Cc1c(C(=O)NC(C)C(C)c2ccccc2)nnn1C1CCNCC1. The van der Waals surface area contributed by atoms with E-state index in [4.69, 9.17) is 0 Å². The molecule has 1 fully saturated rings. The van der Waals surface area contributed by atoms with Crippen LogP contribution in [0.5, 0.6) is 0 Å². The molecule has 1 aliphatic rings. The van der Waals surface area contributed by atoms with Gasteiger partial charge in [0.1, 0.15) is 0 Å². The number of nitrogens with one attached hydrogen (secondary N) is 2. The Morgan fingerprint density at radius 3 is 2.60 bits per heavy atom. The molecule has 6 nitrogen and oxygen atoms in total. The average molecular weight is 341 g/mol. The van der Waals surface area contributed by atoms with Gasteiger partial charge in [0.25, 0.3) is 5.91 Å². The molecule has 2 unspecified atom stereocenters. The van der Waals surface area contributed by atoms with Gasteiger partial charge in [0.05, 0.1) is 11.7 Å². The van der Waals surface area contributed by atoms with E-state index in [-0.39, 0.29) is 17.9 Å². The van der Waals surface area contributed by atoms with Crippen LogP contribution in [-0.4, -0.2) is 40.0 Å². The summed E-state index contributed by atoms with van der Waals surface area (Å²) in [6.45, 7) is 8.05. The second kappa shape index (κ2) is 7.78. The molecule has 0 saturated carbocycles. The highest BCUT2D eigenvalue weighted by atomic mass is 16.2. The summed E-state index contributed by atoms with van der Waals surface area (Å²) < 4.78 is 1.92. The maximum Gasteiger partial charge on any atom is 0.273 e. The summed E-state index contributed by atoms with van der Waals surface area (Å²) in [5, 5.41) is 14.8. The Hall–Kier alpha value is -2.21. The third-order valence-electron chi connectivity index (χ3n) is 5.23. The summed E-state index contributed by atoms with van der Waals surface area (Å²) in [6, 6.07) is 10.6. The van der Waals surface area contributed by atoms with Crippen molar-refractivity contribution < 1.29 is 4.79 Å². The maximum absolute atomic E-state index is 12.7. The number of carbonyl (C=O) groups is 1. The zero-order valence-corrected chi connectivity index (χ0v) is 15.2. The highest BCUT2D eigenvalue weighted by Crippen LogP contribution is 2.21. The Kier molecular flexibility index (Phi) is 5.48. The van der Waals surface area contributed by atoms with Crippen LogP contribution in [0.15, 0.2) is 30.3 Å². The standard InChI is InChI=1S/C19H27N5O/c1-13(16-7-5-4-6-8-16)14(2)21-19(25)18-15(3)24(23-22-18)17-9-11-20-12-10-17/h4-8,13-14,17,20H,9-12H2,1-3H3,(H,21,25). The van der Waals surface area contributed by atoms with Crippen molar-refractivity contribution in [3.63, 3.8) is 0 Å². The van der Waals surface area contributed by atoms with Crippen LogP contribution in [0.4, 0.5) is 0 Å². The lowest BCUT2D eigenvalue weighted by molar-refractivity contribution is 0.0929. The first-order chi connectivity index (χ1) is 12.1. The molecule has 1 aliphatic heterocycles. The summed E-state index contributed by atoms with van der Waals surface area (Å²) in [7, 11) is 0. The van der Waals surface area contributed by atoms with Crippen LogP contribution in [0.3, 0.4) is 0 Å². The second-order valence-corrected chi connectivity index (χ2v) is 6.91. The topological polar surface area (TPSA) is 71.8 Å². The van der Waals surface area contributed by atoms with Crippen molar-refractivity contribution in [2.75, 3.05) is 13.1 Å². The lowest BCUT2D eigenvalue weighted by Crippen LogP contribution is -2.36. The van der Waals surface area contributed by atoms with Gasteiger partial charge in [-0.3, -0.25) is 4.79 Å². The van der Waals surface area contributed by atoms with Gasteiger partial charge in [0, 0.05) is 12.0 Å². The van der Waals surface area contributed by atoms with Crippen molar-refractivity contribution in [2.45, 2.75) is 51.6 Å². The number of amides is 1. The molecule has 1 saturated heterocycles. The summed E-state index contributed by atoms with van der Waals surface area (Å²) in [5.41, 5.74) is 2.50. The van der Waals surface area contributed by atoms with E-state index in [2.05, 4.69) is 40.0 Å². The molecular weight excluding hydrogens is 314 g/mol. The maximum atomic E-state index is 12.7. The third kappa shape index (κ3) is 3.90. The largest absolute Gasteiger partial charge is 0.348 e. The van der Waals surface area contributed by atoms with Gasteiger partial charge in [-0.15, -0.1) is 5.10 Å². The predicted octanol–water partition coefficient (Wildman–Crippen LogP) is 2.43. The van der Waals surface area contributed by atoms with E-state index < -0.39 is 0 Å². The fourth-order valence-electron chi connectivity index (χ4n) is 3.39. The Morgan fingerprint density at radius 2 is 1.92 bits per heavy atom. The molecule has 2 N–H and O–H groups in total. The monoisotopic (exact) mass is 341 g/mol. The predicted molar refractivity (Wildman–Crippen MR) is 97.7 cm³/mol. The highest BCUT2D eigenvalue weighted by molar-refractivity contribution is 5.93. The summed E-state index contributed by atoms with van der Waals surface area (Å²) in [6.07, 6.45) is 2.04. The van der Waals surface area contributed by atoms with Crippen LogP contribution >= 0.6 is 0 Å². The van der Waals surface area contributed by atoms with Crippen LogP contribution in [0.2, 0.25) is 0 Å². The van der Waals surface area contributed by atoms with E-state index in [1.165, 1.54) is 5.56 Å². The molecule has 2 heterocycles. The smallest absolute Gasteiger partial charge is 0.273 e. The summed E-state index contributed by atoms with van der Waals surface area (Å²) in [5.74, 6) is 0.0814. The molecular formula is C19H27N5O. The number of rotatable bonds is 5. The second-order valence-electron chi connectivity index (χ2n) is 6.91. The number of nitrogens with zero attached hydrogens (tertiary/aromatic N) is 3. The molecule has 134 valence electrons. The molecule has 25 heavy (non-hydrogen) atoms. The first-order valence-electron chi connectivity index (χ1n) is 9.06. The van der Waals surface area contributed by atoms with Crippen LogP contribution in [0.25, 0.3) is 0 Å². The number of aromatic nitrogens is 3. The van der Waals surface area contributed by atoms with Crippen molar-refractivity contribution in [1.82, 2.24) is 25.6 Å². The zero-order chi connectivity index (χ0) is 17.8. The normalized spacial score (nSPS) is 17.9. The number of hydrogen-bond acceptors (Lipinski definition) is 4. The van der Waals surface area contributed by atoms with Gasteiger partial charge in [0.2, 0.25) is 0 Å². The van der Waals surface area contributed by atoms with Crippen molar-refractivity contribution in [2.24, 2.45) is 0 Å². The lowest BCUT2D eigenvalue weighted by atomic mass is 9.94. The van der Waals surface area contributed by atoms with Crippen LogP contribution in [-0.2, 0) is 0 Å². The van der Waals surface area contributed by atoms with Crippen molar-refractivity contribution in [3.05, 3.63) is 47.3 Å². The summed E-state index contributed by atoms with van der Waals surface area (Å²) in [4.78, 5) is 12.7. The number of benzene rings is 1. The van der Waals surface area contributed by atoms with Gasteiger partial charge in [0.15, 0.2) is 5.69 Å². The zero-order valence-electron chi connectivity index (χ0n) is 15.2. The van der Waals surface area contributed by atoms with Crippen LogP contribution in [0, 0.1) is 6.92 Å². The highest BCUT2D eigenvalue weighted by Gasteiger charge is 2.24. The Bertz CT molecular complexity index is 706. The van der Waals surface area contributed by atoms with Gasteiger partial charge >= 0.3 is 0 Å². The molecule has 0 spiro atoms. The first kappa shape index (κ1) is 17.6. The molecule has 1 aromatic heterocycles. The molecule has 1 amide bonds.